The predicted octanol–water partition coefficient (Wildman–Crippen LogP) is 0.360. The van der Waals surface area contributed by atoms with Gasteiger partial charge in [0.25, 0.3) is 0 Å². The molecule has 1 aromatic rings. The van der Waals surface area contributed by atoms with Gasteiger partial charge in [-0.05, 0) is 12.1 Å². The number of nitrogens with one attached hydrogen (secondary N) is 2. The maximum Gasteiger partial charge on any atom is 0.433 e. The van der Waals surface area contributed by atoms with E-state index in [0.29, 0.717) is 0 Å². The van der Waals surface area contributed by atoms with Gasteiger partial charge >= 0.3 is 6.18 Å². The van der Waals surface area contributed by atoms with Crippen molar-refractivity contribution < 1.29 is 23.1 Å². The van der Waals surface area contributed by atoms with Crippen molar-refractivity contribution in [2.75, 3.05) is 5.43 Å². The first kappa shape index (κ1) is 11.1. The van der Waals surface area contributed by atoms with Crippen molar-refractivity contribution in [3.8, 4) is 0 Å². The van der Waals surface area contributed by atoms with E-state index < -0.39 is 18.0 Å². The second kappa shape index (κ2) is 4.03. The lowest BCUT2D eigenvalue weighted by molar-refractivity contribution is -0.250. The summed E-state index contributed by atoms with van der Waals surface area (Å²) in [4.78, 5) is 13.0. The van der Waals surface area contributed by atoms with Gasteiger partial charge in [-0.25, -0.2) is 4.98 Å². The third-order valence-electron chi connectivity index (χ3n) is 1.36. The maximum absolute atomic E-state index is 12.0. The normalized spacial score (nSPS) is 10.9. The Bertz CT molecular complexity index is 349. The number of hydrogen-bond acceptors (Lipinski definition) is 4. The zero-order chi connectivity index (χ0) is 11.5. The highest BCUT2D eigenvalue weighted by Gasteiger charge is 2.31. The Hall–Kier alpha value is -1.99. The number of carboxylic acid groups (broad SMARTS) is 1. The molecule has 1 aromatic heterocycles. The number of carbonyl (C=O) groups is 1. The second-order valence-corrected chi connectivity index (χ2v) is 2.47. The number of hydrogen-bond donors (Lipinski definition) is 2. The Kier molecular flexibility index (Phi) is 2.98. The van der Waals surface area contributed by atoms with Crippen molar-refractivity contribution >= 4 is 11.8 Å². The van der Waals surface area contributed by atoms with Crippen molar-refractivity contribution in [1.29, 1.82) is 0 Å². The van der Waals surface area contributed by atoms with Crippen LogP contribution in [0.4, 0.5) is 23.7 Å². The van der Waals surface area contributed by atoms with Crippen molar-refractivity contribution in [3.63, 3.8) is 0 Å². The summed E-state index contributed by atoms with van der Waals surface area (Å²) in [6.45, 7) is 0. The molecule has 0 fully saturated rings. The van der Waals surface area contributed by atoms with Gasteiger partial charge in [0.05, 0.1) is 11.9 Å². The minimum atomic E-state index is -4.51. The number of carbonyl (C=O) groups excluding carboxylic acids is 1. The highest BCUT2D eigenvalue weighted by atomic mass is 19.4. The molecule has 0 radical (unpaired) electrons. The first-order valence-electron chi connectivity index (χ1n) is 3.66. The fourth-order valence-electron chi connectivity index (χ4n) is 0.759. The number of hydrazine groups is 1. The lowest BCUT2D eigenvalue weighted by Crippen LogP contribution is -2.40. The minimum absolute atomic E-state index is 0.0761. The number of rotatable bonds is 2. The average molecular weight is 220 g/mol. The quantitative estimate of drug-likeness (QED) is 0.705. The summed E-state index contributed by atoms with van der Waals surface area (Å²) < 4.78 is 36.1. The van der Waals surface area contributed by atoms with Crippen molar-refractivity contribution in [3.05, 3.63) is 24.0 Å². The Morgan fingerprint density at radius 1 is 1.40 bits per heavy atom. The number of alkyl halides is 3. The number of amides is 1. The van der Waals surface area contributed by atoms with Gasteiger partial charge in [-0.1, -0.05) is 0 Å². The van der Waals surface area contributed by atoms with Gasteiger partial charge in [-0.15, -0.1) is 0 Å². The van der Waals surface area contributed by atoms with E-state index in [9.17, 15) is 23.1 Å². The molecule has 0 aliphatic carbocycles. The Morgan fingerprint density at radius 3 is 2.47 bits per heavy atom. The minimum Gasteiger partial charge on any atom is -0.529 e. The van der Waals surface area contributed by atoms with Crippen molar-refractivity contribution in [1.82, 2.24) is 10.4 Å². The van der Waals surface area contributed by atoms with E-state index in [1.165, 1.54) is 0 Å². The fraction of sp³-hybridized carbons (Fsp3) is 0.143. The molecule has 0 aliphatic heterocycles. The van der Waals surface area contributed by atoms with E-state index in [1.54, 1.807) is 5.43 Å². The number of pyridine rings is 1. The first-order chi connectivity index (χ1) is 6.89. The molecule has 0 saturated heterocycles. The zero-order valence-electron chi connectivity index (χ0n) is 7.13. The standard InChI is InChI=1S/C7H6F3N3O2/c8-7(9,10)5-2-1-4(3-11-5)12-13-6(14)15/h1-3,12-13H,(H,14,15)/p-1. The lowest BCUT2D eigenvalue weighted by atomic mass is 10.3. The van der Waals surface area contributed by atoms with Crippen LogP contribution in [0.15, 0.2) is 18.3 Å². The molecular weight excluding hydrogens is 215 g/mol. The molecule has 82 valence electrons. The van der Waals surface area contributed by atoms with E-state index in [4.69, 9.17) is 0 Å². The molecule has 2 N–H and O–H groups in total. The van der Waals surface area contributed by atoms with Crippen LogP contribution >= 0.6 is 0 Å². The van der Waals surface area contributed by atoms with Crippen LogP contribution in [0.25, 0.3) is 0 Å². The zero-order valence-corrected chi connectivity index (χ0v) is 7.13. The molecule has 5 nitrogen and oxygen atoms in total. The molecule has 0 aliphatic rings. The molecule has 0 bridgehead atoms. The van der Waals surface area contributed by atoms with Crippen LogP contribution in [0.3, 0.4) is 0 Å². The molecule has 1 rings (SSSR count). The van der Waals surface area contributed by atoms with Gasteiger partial charge in [-0.3, -0.25) is 10.9 Å². The predicted molar refractivity (Wildman–Crippen MR) is 41.4 cm³/mol. The van der Waals surface area contributed by atoms with E-state index in [1.807, 2.05) is 0 Å². The Morgan fingerprint density at radius 2 is 2.07 bits per heavy atom. The smallest absolute Gasteiger partial charge is 0.433 e. The molecule has 0 saturated carbocycles. The van der Waals surface area contributed by atoms with Crippen molar-refractivity contribution in [2.45, 2.75) is 6.18 Å². The molecule has 1 amide bonds. The van der Waals surface area contributed by atoms with E-state index in [0.717, 1.165) is 18.3 Å². The highest BCUT2D eigenvalue weighted by Crippen LogP contribution is 2.27. The van der Waals surface area contributed by atoms with Crippen LogP contribution in [0.2, 0.25) is 0 Å². The first-order valence-corrected chi connectivity index (χ1v) is 3.66. The van der Waals surface area contributed by atoms with Crippen LogP contribution in [-0.2, 0) is 6.18 Å². The number of anilines is 1. The van der Waals surface area contributed by atoms with Crippen LogP contribution in [0, 0.1) is 0 Å². The van der Waals surface area contributed by atoms with Crippen LogP contribution in [0.5, 0.6) is 0 Å². The summed E-state index contributed by atoms with van der Waals surface area (Å²) in [5, 5.41) is 9.91. The molecule has 8 heteroatoms. The summed E-state index contributed by atoms with van der Waals surface area (Å²) >= 11 is 0. The van der Waals surface area contributed by atoms with Gasteiger partial charge in [0.1, 0.15) is 5.69 Å². The third kappa shape index (κ3) is 3.33. The van der Waals surface area contributed by atoms with Gasteiger partial charge < -0.3 is 9.90 Å². The monoisotopic (exact) mass is 220 g/mol. The topological polar surface area (TPSA) is 77.1 Å². The Balaban J connectivity index is 2.69. The summed E-state index contributed by atoms with van der Waals surface area (Å²) in [7, 11) is 0. The van der Waals surface area contributed by atoms with Crippen molar-refractivity contribution in [2.24, 2.45) is 0 Å². The van der Waals surface area contributed by atoms with Gasteiger partial charge in [0.2, 0.25) is 0 Å². The van der Waals surface area contributed by atoms with Crippen LogP contribution in [0.1, 0.15) is 5.69 Å². The highest BCUT2D eigenvalue weighted by molar-refractivity contribution is 5.64. The lowest BCUT2D eigenvalue weighted by Gasteiger charge is -2.10. The molecule has 0 unspecified atom stereocenters. The molecule has 1 heterocycles. The summed E-state index contributed by atoms with van der Waals surface area (Å²) in [6.07, 6.45) is -5.27. The molecule has 15 heavy (non-hydrogen) atoms. The maximum atomic E-state index is 12.0. The number of halogens is 3. The number of aromatic nitrogens is 1. The molecule has 0 spiro atoms. The summed E-state index contributed by atoms with van der Waals surface area (Å²) in [5.74, 6) is 0. The largest absolute Gasteiger partial charge is 0.529 e. The van der Waals surface area contributed by atoms with E-state index in [2.05, 4.69) is 10.4 Å². The molecule has 0 atom stereocenters. The second-order valence-electron chi connectivity index (χ2n) is 2.47. The van der Waals surface area contributed by atoms with E-state index >= 15 is 0 Å². The van der Waals surface area contributed by atoms with Gasteiger partial charge in [-0.2, -0.15) is 13.2 Å². The summed E-state index contributed by atoms with van der Waals surface area (Å²) in [6, 6.07) is 1.76. The summed E-state index contributed by atoms with van der Waals surface area (Å²) in [5.41, 5.74) is 2.76. The Labute approximate surface area is 81.9 Å². The van der Waals surface area contributed by atoms with Gasteiger partial charge in [0.15, 0.2) is 6.09 Å². The number of nitrogens with zero attached hydrogens (tertiary/aromatic N) is 1. The fourth-order valence-corrected chi connectivity index (χ4v) is 0.759. The third-order valence-corrected chi connectivity index (χ3v) is 1.36. The van der Waals surface area contributed by atoms with Crippen LogP contribution in [-0.4, -0.2) is 11.1 Å². The molecular formula is C7H5F3N3O2-. The SMILES string of the molecule is O=C([O-])NNc1ccc(C(F)(F)F)nc1. The van der Waals surface area contributed by atoms with E-state index in [-0.39, 0.29) is 5.69 Å². The van der Waals surface area contributed by atoms with Crippen LogP contribution < -0.4 is 16.0 Å². The molecule has 0 aromatic carbocycles. The van der Waals surface area contributed by atoms with Gasteiger partial charge in [0, 0.05) is 0 Å². The average Bonchev–Trinajstić information content (AvgIpc) is 2.14.